The summed E-state index contributed by atoms with van der Waals surface area (Å²) in [6.07, 6.45) is 0.892. The number of rotatable bonds is 4. The van der Waals surface area contributed by atoms with Crippen LogP contribution in [0.1, 0.15) is 23.7 Å². The van der Waals surface area contributed by atoms with E-state index in [0.29, 0.717) is 12.1 Å². The second-order valence-electron chi connectivity index (χ2n) is 5.70. The Labute approximate surface area is 140 Å². The van der Waals surface area contributed by atoms with Crippen molar-refractivity contribution >= 4 is 38.4 Å². The van der Waals surface area contributed by atoms with E-state index in [0.717, 1.165) is 17.3 Å². The number of nitrogens with zero attached hydrogens (tertiary/aromatic N) is 1. The Morgan fingerprint density at radius 3 is 2.96 bits per heavy atom. The Balaban J connectivity index is 1.66. The van der Waals surface area contributed by atoms with Gasteiger partial charge in [0.15, 0.2) is 15.0 Å². The maximum absolute atomic E-state index is 12.0. The quantitative estimate of drug-likeness (QED) is 0.857. The molecule has 124 valence electrons. The standard InChI is InChI=1S/C15H19N3O3S2/c1-2-6-16-14(19)10-4-3-5-11(7-10)17-15-18-12-8-23(20,21)9-13(12)22-15/h3-5,7,12-13H,2,6,8-9H2,1H3,(H,16,19)(H,17,18)/t12-,13+/m0/s1. The van der Waals surface area contributed by atoms with Crippen molar-refractivity contribution in [2.24, 2.45) is 4.99 Å². The van der Waals surface area contributed by atoms with Crippen LogP contribution in [0.5, 0.6) is 0 Å². The van der Waals surface area contributed by atoms with Crippen molar-refractivity contribution in [2.45, 2.75) is 24.6 Å². The second kappa shape index (κ2) is 6.52. The number of amidine groups is 1. The molecule has 2 aliphatic heterocycles. The van der Waals surface area contributed by atoms with E-state index in [1.54, 1.807) is 12.1 Å². The van der Waals surface area contributed by atoms with Gasteiger partial charge in [0.2, 0.25) is 0 Å². The molecular formula is C15H19N3O3S2. The number of fused-ring (bicyclic) bond motifs is 1. The lowest BCUT2D eigenvalue weighted by Gasteiger charge is -2.09. The fourth-order valence-corrected chi connectivity index (χ4v) is 6.29. The van der Waals surface area contributed by atoms with Crippen molar-refractivity contribution in [3.63, 3.8) is 0 Å². The van der Waals surface area contributed by atoms with Gasteiger partial charge >= 0.3 is 0 Å². The number of benzene rings is 1. The molecule has 1 aromatic carbocycles. The first-order valence-electron chi connectivity index (χ1n) is 7.57. The molecule has 0 aromatic heterocycles. The first-order valence-corrected chi connectivity index (χ1v) is 10.3. The largest absolute Gasteiger partial charge is 0.352 e. The molecule has 0 radical (unpaired) electrons. The van der Waals surface area contributed by atoms with Crippen molar-refractivity contribution in [3.05, 3.63) is 29.8 Å². The van der Waals surface area contributed by atoms with E-state index in [4.69, 9.17) is 0 Å². The highest BCUT2D eigenvalue weighted by Crippen LogP contribution is 2.34. The summed E-state index contributed by atoms with van der Waals surface area (Å²) in [7, 11) is -2.94. The SMILES string of the molecule is CCCNC(=O)c1cccc(NC2=N[C@H]3CS(=O)(=O)C[C@H]3S2)c1. The van der Waals surface area contributed by atoms with Crippen LogP contribution in [0, 0.1) is 0 Å². The molecule has 2 atom stereocenters. The highest BCUT2D eigenvalue weighted by Gasteiger charge is 2.42. The number of nitrogens with one attached hydrogen (secondary N) is 2. The molecular weight excluding hydrogens is 334 g/mol. The zero-order valence-corrected chi connectivity index (χ0v) is 14.4. The van der Waals surface area contributed by atoms with Crippen LogP contribution in [-0.4, -0.2) is 48.8 Å². The average Bonchev–Trinajstić information content (AvgIpc) is 2.97. The molecule has 23 heavy (non-hydrogen) atoms. The number of hydrogen-bond acceptors (Lipinski definition) is 6. The number of carbonyl (C=O) groups excluding carboxylic acids is 1. The van der Waals surface area contributed by atoms with Crippen LogP contribution in [0.4, 0.5) is 5.69 Å². The molecule has 1 fully saturated rings. The van der Waals surface area contributed by atoms with Crippen molar-refractivity contribution in [1.82, 2.24) is 5.32 Å². The Hall–Kier alpha value is -1.54. The maximum Gasteiger partial charge on any atom is 0.251 e. The van der Waals surface area contributed by atoms with Gasteiger partial charge in [0.1, 0.15) is 0 Å². The summed E-state index contributed by atoms with van der Waals surface area (Å²) in [4.78, 5) is 16.4. The monoisotopic (exact) mass is 353 g/mol. The Bertz CT molecular complexity index is 746. The van der Waals surface area contributed by atoms with Crippen molar-refractivity contribution in [3.8, 4) is 0 Å². The predicted molar refractivity (Wildman–Crippen MR) is 93.9 cm³/mol. The fraction of sp³-hybridized carbons (Fsp3) is 0.467. The van der Waals surface area contributed by atoms with Crippen LogP contribution in [0.2, 0.25) is 0 Å². The minimum Gasteiger partial charge on any atom is -0.352 e. The molecule has 0 aliphatic carbocycles. The van der Waals surface area contributed by atoms with E-state index < -0.39 is 9.84 Å². The summed E-state index contributed by atoms with van der Waals surface area (Å²) in [6, 6.07) is 7.07. The summed E-state index contributed by atoms with van der Waals surface area (Å²) in [5.74, 6) is 0.227. The van der Waals surface area contributed by atoms with Gasteiger partial charge in [-0.15, -0.1) is 0 Å². The summed E-state index contributed by atoms with van der Waals surface area (Å²) >= 11 is 1.47. The first-order chi connectivity index (χ1) is 11.0. The molecule has 8 heteroatoms. The van der Waals surface area contributed by atoms with E-state index in [9.17, 15) is 13.2 Å². The zero-order valence-electron chi connectivity index (χ0n) is 12.8. The van der Waals surface area contributed by atoms with Crippen molar-refractivity contribution in [2.75, 3.05) is 23.4 Å². The van der Waals surface area contributed by atoms with Crippen LogP contribution in [0.15, 0.2) is 29.3 Å². The summed E-state index contributed by atoms with van der Waals surface area (Å²) in [5.41, 5.74) is 1.37. The molecule has 6 nitrogen and oxygen atoms in total. The van der Waals surface area contributed by atoms with E-state index in [-0.39, 0.29) is 28.7 Å². The second-order valence-corrected chi connectivity index (χ2v) is 9.08. The van der Waals surface area contributed by atoms with Gasteiger partial charge in [-0.3, -0.25) is 9.79 Å². The molecule has 2 N–H and O–H groups in total. The van der Waals surface area contributed by atoms with E-state index in [1.807, 2.05) is 19.1 Å². The molecule has 1 amide bonds. The number of sulfone groups is 1. The van der Waals surface area contributed by atoms with Crippen LogP contribution in [0.3, 0.4) is 0 Å². The third-order valence-corrected chi connectivity index (χ3v) is 6.87. The average molecular weight is 353 g/mol. The van der Waals surface area contributed by atoms with E-state index >= 15 is 0 Å². The van der Waals surface area contributed by atoms with Crippen molar-refractivity contribution < 1.29 is 13.2 Å². The number of thioether (sulfide) groups is 1. The Kier molecular flexibility index (Phi) is 4.63. The van der Waals surface area contributed by atoms with Crippen LogP contribution < -0.4 is 10.6 Å². The maximum atomic E-state index is 12.0. The van der Waals surface area contributed by atoms with Crippen molar-refractivity contribution in [1.29, 1.82) is 0 Å². The van der Waals surface area contributed by atoms with E-state index in [1.165, 1.54) is 11.8 Å². The zero-order chi connectivity index (χ0) is 16.4. The van der Waals surface area contributed by atoms with Crippen LogP contribution in [0.25, 0.3) is 0 Å². The van der Waals surface area contributed by atoms with Crippen LogP contribution >= 0.6 is 11.8 Å². The molecule has 0 spiro atoms. The van der Waals surface area contributed by atoms with E-state index in [2.05, 4.69) is 15.6 Å². The smallest absolute Gasteiger partial charge is 0.251 e. The molecule has 0 unspecified atom stereocenters. The van der Waals surface area contributed by atoms with Gasteiger partial charge in [0, 0.05) is 23.0 Å². The lowest BCUT2D eigenvalue weighted by atomic mass is 10.2. The lowest BCUT2D eigenvalue weighted by Crippen LogP contribution is -2.24. The summed E-state index contributed by atoms with van der Waals surface area (Å²) in [5, 5.41) is 6.76. The molecule has 2 aliphatic rings. The molecule has 0 saturated carbocycles. The normalized spacial score (nSPS) is 24.8. The van der Waals surface area contributed by atoms with Gasteiger partial charge in [-0.05, 0) is 24.6 Å². The number of amides is 1. The molecule has 0 bridgehead atoms. The summed E-state index contributed by atoms with van der Waals surface area (Å²) < 4.78 is 23.1. The number of anilines is 1. The van der Waals surface area contributed by atoms with Gasteiger partial charge < -0.3 is 10.6 Å². The minimum atomic E-state index is -2.94. The van der Waals surface area contributed by atoms with Crippen LogP contribution in [-0.2, 0) is 9.84 Å². The van der Waals surface area contributed by atoms with Gasteiger partial charge in [0.25, 0.3) is 5.91 Å². The topological polar surface area (TPSA) is 87.6 Å². The van der Waals surface area contributed by atoms with Gasteiger partial charge in [-0.1, -0.05) is 24.8 Å². The Morgan fingerprint density at radius 1 is 1.39 bits per heavy atom. The van der Waals surface area contributed by atoms with Gasteiger partial charge in [-0.2, -0.15) is 0 Å². The lowest BCUT2D eigenvalue weighted by molar-refractivity contribution is 0.0953. The Morgan fingerprint density at radius 2 is 2.22 bits per heavy atom. The molecule has 3 rings (SSSR count). The third kappa shape index (κ3) is 3.87. The number of carbonyl (C=O) groups is 1. The fourth-order valence-electron chi connectivity index (χ4n) is 2.62. The highest BCUT2D eigenvalue weighted by molar-refractivity contribution is 8.15. The minimum absolute atomic E-state index is 0.0125. The van der Waals surface area contributed by atoms with Gasteiger partial charge in [-0.25, -0.2) is 8.42 Å². The first kappa shape index (κ1) is 16.3. The van der Waals surface area contributed by atoms with Gasteiger partial charge in [0.05, 0.1) is 17.5 Å². The molecule has 1 aromatic rings. The number of hydrogen-bond donors (Lipinski definition) is 2. The highest BCUT2D eigenvalue weighted by atomic mass is 32.2. The summed E-state index contributed by atoms with van der Waals surface area (Å²) in [6.45, 7) is 2.65. The molecule has 2 heterocycles. The third-order valence-electron chi connectivity index (χ3n) is 3.73. The molecule has 1 saturated heterocycles. The predicted octanol–water partition coefficient (Wildman–Crippen LogP) is 1.51. The number of aliphatic imine (C=N–C) groups is 1.